The van der Waals surface area contributed by atoms with Gasteiger partial charge in [0, 0.05) is 7.05 Å². The van der Waals surface area contributed by atoms with Crippen molar-refractivity contribution in [3.05, 3.63) is 45.9 Å². The van der Waals surface area contributed by atoms with Gasteiger partial charge in [-0.1, -0.05) is 44.0 Å². The fourth-order valence-corrected chi connectivity index (χ4v) is 2.56. The number of hydrogen-bond acceptors (Lipinski definition) is 3. The molecule has 0 saturated carbocycles. The Morgan fingerprint density at radius 3 is 2.65 bits per heavy atom. The van der Waals surface area contributed by atoms with Crippen molar-refractivity contribution in [3.63, 3.8) is 0 Å². The van der Waals surface area contributed by atoms with Crippen LogP contribution in [0.25, 0.3) is 11.1 Å². The highest BCUT2D eigenvalue weighted by Crippen LogP contribution is 2.32. The van der Waals surface area contributed by atoms with Crippen LogP contribution in [0.3, 0.4) is 0 Å². The van der Waals surface area contributed by atoms with E-state index in [0.717, 1.165) is 16.8 Å². The SMILES string of the molecule is C#CCOc1c(CC(C)C)nn(C)c(=O)c1-c1ccccc1C. The Kier molecular flexibility index (Phi) is 5.23. The van der Waals surface area contributed by atoms with Crippen LogP contribution in [-0.2, 0) is 13.5 Å². The molecule has 0 aliphatic carbocycles. The van der Waals surface area contributed by atoms with E-state index in [9.17, 15) is 4.79 Å². The van der Waals surface area contributed by atoms with Crippen LogP contribution in [0.4, 0.5) is 0 Å². The summed E-state index contributed by atoms with van der Waals surface area (Å²) in [5.41, 5.74) is 2.98. The molecule has 4 nitrogen and oxygen atoms in total. The summed E-state index contributed by atoms with van der Waals surface area (Å²) in [6, 6.07) is 7.76. The molecule has 0 aliphatic rings. The second-order valence-corrected chi connectivity index (χ2v) is 5.99. The summed E-state index contributed by atoms with van der Waals surface area (Å²) in [7, 11) is 1.67. The molecule has 0 unspecified atom stereocenters. The smallest absolute Gasteiger partial charge is 0.278 e. The van der Waals surface area contributed by atoms with Crippen molar-refractivity contribution in [2.75, 3.05) is 6.61 Å². The summed E-state index contributed by atoms with van der Waals surface area (Å²) in [6.45, 7) is 6.29. The first-order valence-corrected chi connectivity index (χ1v) is 7.68. The summed E-state index contributed by atoms with van der Waals surface area (Å²) < 4.78 is 7.13. The van der Waals surface area contributed by atoms with Gasteiger partial charge in [0.2, 0.25) is 0 Å². The maximum atomic E-state index is 12.7. The fourth-order valence-electron chi connectivity index (χ4n) is 2.56. The van der Waals surface area contributed by atoms with E-state index >= 15 is 0 Å². The van der Waals surface area contributed by atoms with Crippen LogP contribution in [-0.4, -0.2) is 16.4 Å². The average molecular weight is 310 g/mol. The van der Waals surface area contributed by atoms with Gasteiger partial charge >= 0.3 is 0 Å². The van der Waals surface area contributed by atoms with Crippen LogP contribution in [0.2, 0.25) is 0 Å². The van der Waals surface area contributed by atoms with Gasteiger partial charge in [0.25, 0.3) is 5.56 Å². The first-order chi connectivity index (χ1) is 11.0. The molecule has 2 aromatic rings. The first-order valence-electron chi connectivity index (χ1n) is 7.68. The molecule has 0 bridgehead atoms. The lowest BCUT2D eigenvalue weighted by Crippen LogP contribution is -2.25. The third-order valence-corrected chi connectivity index (χ3v) is 3.58. The summed E-state index contributed by atoms with van der Waals surface area (Å²) in [4.78, 5) is 12.7. The van der Waals surface area contributed by atoms with Crippen molar-refractivity contribution < 1.29 is 4.74 Å². The molecular formula is C19H22N2O2. The van der Waals surface area contributed by atoms with E-state index in [2.05, 4.69) is 24.9 Å². The fraction of sp³-hybridized carbons (Fsp3) is 0.368. The summed E-state index contributed by atoms with van der Waals surface area (Å²) in [5, 5.41) is 4.39. The van der Waals surface area contributed by atoms with Crippen molar-refractivity contribution in [1.82, 2.24) is 9.78 Å². The van der Waals surface area contributed by atoms with Crippen molar-refractivity contribution in [3.8, 4) is 29.2 Å². The quantitative estimate of drug-likeness (QED) is 0.798. The second kappa shape index (κ2) is 7.15. The number of ether oxygens (including phenoxy) is 1. The highest BCUT2D eigenvalue weighted by atomic mass is 16.5. The second-order valence-electron chi connectivity index (χ2n) is 5.99. The predicted molar refractivity (Wildman–Crippen MR) is 92.5 cm³/mol. The van der Waals surface area contributed by atoms with Gasteiger partial charge in [-0.05, 0) is 30.4 Å². The summed E-state index contributed by atoms with van der Waals surface area (Å²) in [5.74, 6) is 3.36. The van der Waals surface area contributed by atoms with E-state index in [0.29, 0.717) is 23.7 Å². The zero-order valence-electron chi connectivity index (χ0n) is 14.1. The number of hydrogen-bond donors (Lipinski definition) is 0. The molecule has 23 heavy (non-hydrogen) atoms. The normalized spacial score (nSPS) is 10.6. The minimum absolute atomic E-state index is 0.110. The molecule has 0 N–H and O–H groups in total. The lowest BCUT2D eigenvalue weighted by Gasteiger charge is -2.17. The standard InChI is InChI=1S/C19H22N2O2/c1-6-11-23-18-16(12-13(2)3)20-21(5)19(22)17(18)15-10-8-7-9-14(15)4/h1,7-10,13H,11-12H2,2-5H3. The van der Waals surface area contributed by atoms with Gasteiger partial charge < -0.3 is 4.74 Å². The molecule has 1 aromatic heterocycles. The zero-order valence-corrected chi connectivity index (χ0v) is 14.1. The van der Waals surface area contributed by atoms with Gasteiger partial charge in [-0.2, -0.15) is 5.10 Å². The molecule has 0 amide bonds. The zero-order chi connectivity index (χ0) is 17.0. The van der Waals surface area contributed by atoms with Crippen molar-refractivity contribution >= 4 is 0 Å². The molecule has 0 spiro atoms. The highest BCUT2D eigenvalue weighted by Gasteiger charge is 2.21. The van der Waals surface area contributed by atoms with E-state index in [4.69, 9.17) is 11.2 Å². The van der Waals surface area contributed by atoms with Crippen molar-refractivity contribution in [2.45, 2.75) is 27.2 Å². The molecule has 0 aliphatic heterocycles. The summed E-state index contributed by atoms with van der Waals surface area (Å²) in [6.07, 6.45) is 6.05. The Morgan fingerprint density at radius 2 is 2.04 bits per heavy atom. The molecule has 2 rings (SSSR count). The maximum Gasteiger partial charge on any atom is 0.278 e. The van der Waals surface area contributed by atoms with E-state index < -0.39 is 0 Å². The summed E-state index contributed by atoms with van der Waals surface area (Å²) >= 11 is 0. The number of aromatic nitrogens is 2. The Hall–Kier alpha value is -2.54. The molecule has 0 fully saturated rings. The molecule has 120 valence electrons. The maximum absolute atomic E-state index is 12.7. The highest BCUT2D eigenvalue weighted by molar-refractivity contribution is 5.73. The van der Waals surface area contributed by atoms with Crippen LogP contribution in [0.1, 0.15) is 25.1 Å². The molecule has 0 radical (unpaired) electrons. The van der Waals surface area contributed by atoms with Gasteiger partial charge in [0.15, 0.2) is 5.75 Å². The van der Waals surface area contributed by atoms with Crippen molar-refractivity contribution in [2.24, 2.45) is 13.0 Å². The predicted octanol–water partition coefficient (Wildman–Crippen LogP) is 2.97. The Bertz CT molecular complexity index is 798. The molecule has 4 heteroatoms. The number of terminal acetylenes is 1. The van der Waals surface area contributed by atoms with Crippen molar-refractivity contribution in [1.29, 1.82) is 0 Å². The monoisotopic (exact) mass is 310 g/mol. The first kappa shape index (κ1) is 16.8. The van der Waals surface area contributed by atoms with Crippen LogP contribution >= 0.6 is 0 Å². The van der Waals surface area contributed by atoms with E-state index in [-0.39, 0.29) is 12.2 Å². The minimum atomic E-state index is -0.182. The number of aryl methyl sites for hydroxylation is 2. The van der Waals surface area contributed by atoms with Gasteiger partial charge in [-0.25, -0.2) is 4.68 Å². The molecule has 0 atom stereocenters. The van der Waals surface area contributed by atoms with Crippen LogP contribution < -0.4 is 10.3 Å². The third kappa shape index (κ3) is 3.62. The van der Waals surface area contributed by atoms with E-state index in [1.165, 1.54) is 4.68 Å². The van der Waals surface area contributed by atoms with E-state index in [1.54, 1.807) is 7.05 Å². The van der Waals surface area contributed by atoms with Gasteiger partial charge in [0.1, 0.15) is 12.3 Å². The largest absolute Gasteiger partial charge is 0.478 e. The number of rotatable bonds is 5. The Balaban J connectivity index is 2.77. The van der Waals surface area contributed by atoms with Crippen LogP contribution in [0, 0.1) is 25.2 Å². The lowest BCUT2D eigenvalue weighted by atomic mass is 9.98. The molecule has 0 saturated heterocycles. The molecule has 1 aromatic carbocycles. The number of benzene rings is 1. The van der Waals surface area contributed by atoms with Crippen LogP contribution in [0.15, 0.2) is 29.1 Å². The third-order valence-electron chi connectivity index (χ3n) is 3.58. The topological polar surface area (TPSA) is 44.1 Å². The lowest BCUT2D eigenvalue weighted by molar-refractivity contribution is 0.358. The van der Waals surface area contributed by atoms with Gasteiger partial charge in [-0.3, -0.25) is 4.79 Å². The Morgan fingerprint density at radius 1 is 1.35 bits per heavy atom. The number of nitrogens with zero attached hydrogens (tertiary/aromatic N) is 2. The molecule has 1 heterocycles. The van der Waals surface area contributed by atoms with E-state index in [1.807, 2.05) is 31.2 Å². The van der Waals surface area contributed by atoms with Gasteiger partial charge in [0.05, 0.1) is 5.56 Å². The minimum Gasteiger partial charge on any atom is -0.478 e. The van der Waals surface area contributed by atoms with Gasteiger partial charge in [-0.15, -0.1) is 6.42 Å². The Labute approximate surface area is 137 Å². The average Bonchev–Trinajstić information content (AvgIpc) is 2.50. The van der Waals surface area contributed by atoms with Crippen LogP contribution in [0.5, 0.6) is 5.75 Å². The molecular weight excluding hydrogens is 288 g/mol.